The third-order valence-corrected chi connectivity index (χ3v) is 13.3. The van der Waals surface area contributed by atoms with Crippen LogP contribution in [0, 0.1) is 33.5 Å². The van der Waals surface area contributed by atoms with E-state index in [2.05, 4.69) is 6.92 Å². The molecule has 6 aliphatic rings. The number of carbonyl (C=O) groups excluding carboxylic acids is 3. The molecule has 2 aliphatic heterocycles. The Balaban J connectivity index is 1.54. The molecule has 9 nitrogen and oxygen atoms in total. The second kappa shape index (κ2) is 7.48. The van der Waals surface area contributed by atoms with Gasteiger partial charge in [0.15, 0.2) is 11.6 Å². The van der Waals surface area contributed by atoms with Crippen molar-refractivity contribution in [3.05, 3.63) is 24.2 Å². The molecule has 1 N–H and O–H groups in total. The first kappa shape index (κ1) is 27.7. The molecule has 3 heterocycles. The Bertz CT molecular complexity index is 1380. The zero-order chi connectivity index (χ0) is 29.8. The van der Waals surface area contributed by atoms with Crippen molar-refractivity contribution in [2.75, 3.05) is 7.11 Å². The normalized spacial score (nSPS) is 53.8. The summed E-state index contributed by atoms with van der Waals surface area (Å²) in [5.41, 5.74) is -5.54. The predicted octanol–water partition coefficient (Wildman–Crippen LogP) is 3.77. The molecule has 10 heteroatoms. The van der Waals surface area contributed by atoms with Crippen LogP contribution in [0.1, 0.15) is 84.0 Å². The number of Topliss-reactive ketones (excluding diaryl/α,β-unsaturated/α-hetero) is 1. The minimum Gasteiger partial charge on any atom is -0.472 e. The van der Waals surface area contributed by atoms with Gasteiger partial charge in [-0.25, -0.2) is 0 Å². The molecule has 41 heavy (non-hydrogen) atoms. The van der Waals surface area contributed by atoms with E-state index >= 15 is 0 Å². The summed E-state index contributed by atoms with van der Waals surface area (Å²) in [7, 11) is 8.89. The van der Waals surface area contributed by atoms with E-state index < -0.39 is 74.0 Å². The highest BCUT2D eigenvalue weighted by Gasteiger charge is 2.97. The fourth-order valence-electron chi connectivity index (χ4n) is 12.0. The molecule has 1 aromatic heterocycles. The van der Waals surface area contributed by atoms with Crippen molar-refractivity contribution in [2.45, 2.75) is 108 Å². The number of hydrogen-bond donors (Lipinski definition) is 1. The third kappa shape index (κ3) is 2.56. The van der Waals surface area contributed by atoms with Crippen LogP contribution in [0.25, 0.3) is 0 Å². The molecule has 1 aromatic rings. The number of hydrogen-bond acceptors (Lipinski definition) is 9. The number of fused-ring (bicyclic) bond motifs is 2. The number of aliphatic hydroxyl groups excluding tert-OH is 1. The standard InChI is InChI=1S/C31H39BO9/c1-24(2)40-29-10-9-25(3,21(35)16-8-11-38-14-16)17-12-20(34)39-23(27(17,29)5)31(32)22(36)26(4)15-30(31,41-24)28(29,6)18(26)13-19(33)37-7/h8,11,14,17-18,22-23,36H,9-10,12-13,15H2,1-7H3. The maximum absolute atomic E-state index is 14.2. The van der Waals surface area contributed by atoms with Crippen molar-refractivity contribution in [3.63, 3.8) is 0 Å². The van der Waals surface area contributed by atoms with Gasteiger partial charge in [0.05, 0.1) is 50.5 Å². The van der Waals surface area contributed by atoms with E-state index in [1.807, 2.05) is 34.6 Å². The molecule has 4 aliphatic carbocycles. The first-order valence-electron chi connectivity index (χ1n) is 14.7. The monoisotopic (exact) mass is 566 g/mol. The molecule has 2 radical (unpaired) electrons. The van der Waals surface area contributed by atoms with Gasteiger partial charge >= 0.3 is 11.9 Å². The van der Waals surface area contributed by atoms with Crippen molar-refractivity contribution in [2.24, 2.45) is 33.5 Å². The van der Waals surface area contributed by atoms with E-state index in [4.69, 9.17) is 31.2 Å². The summed E-state index contributed by atoms with van der Waals surface area (Å²) in [6, 6.07) is 1.65. The highest BCUT2D eigenvalue weighted by atomic mass is 16.7. The van der Waals surface area contributed by atoms with Crippen molar-refractivity contribution in [3.8, 4) is 0 Å². The second-order valence-corrected chi connectivity index (χ2v) is 15.0. The Hall–Kier alpha value is -2.17. The lowest BCUT2D eigenvalue weighted by atomic mass is 9.25. The first-order valence-corrected chi connectivity index (χ1v) is 14.7. The van der Waals surface area contributed by atoms with Gasteiger partial charge in [-0.15, -0.1) is 0 Å². The smallest absolute Gasteiger partial charge is 0.306 e. The fraction of sp³-hybridized carbons (Fsp3) is 0.774. The van der Waals surface area contributed by atoms with E-state index in [-0.39, 0.29) is 24.6 Å². The van der Waals surface area contributed by atoms with E-state index in [1.165, 1.54) is 19.6 Å². The topological polar surface area (TPSA) is 122 Å². The van der Waals surface area contributed by atoms with Crippen LogP contribution in [0.5, 0.6) is 0 Å². The lowest BCUT2D eigenvalue weighted by Gasteiger charge is -2.83. The molecule has 2 spiro atoms. The van der Waals surface area contributed by atoms with Gasteiger partial charge in [0.1, 0.15) is 12.4 Å². The van der Waals surface area contributed by atoms with Gasteiger partial charge in [-0.2, -0.15) is 0 Å². The van der Waals surface area contributed by atoms with Gasteiger partial charge in [0.2, 0.25) is 0 Å². The van der Waals surface area contributed by atoms with Crippen LogP contribution in [0.2, 0.25) is 5.31 Å². The lowest BCUT2D eigenvalue weighted by Crippen LogP contribution is -2.90. The van der Waals surface area contributed by atoms with Crippen LogP contribution < -0.4 is 0 Å². The Morgan fingerprint density at radius 1 is 1.10 bits per heavy atom. The largest absolute Gasteiger partial charge is 0.472 e. The number of rotatable bonds is 4. The summed E-state index contributed by atoms with van der Waals surface area (Å²) in [6.45, 7) is 11.7. The number of furan rings is 1. The molecule has 11 unspecified atom stereocenters. The van der Waals surface area contributed by atoms with Gasteiger partial charge in [0, 0.05) is 33.4 Å². The fourth-order valence-corrected chi connectivity index (χ4v) is 12.0. The number of esters is 2. The summed E-state index contributed by atoms with van der Waals surface area (Å²) >= 11 is 0. The molecular weight excluding hydrogens is 527 g/mol. The molecule has 0 aromatic carbocycles. The average Bonchev–Trinajstić information content (AvgIpc) is 3.55. The second-order valence-electron chi connectivity index (χ2n) is 15.0. The van der Waals surface area contributed by atoms with E-state index in [9.17, 15) is 19.5 Å². The SMILES string of the molecule is [B]C12C(O)C3(C)CC14OC(C)(C)OC1(CCC(C)(C(=O)c5ccoc5)C5CC(=O)OC2C51C)C4(C)C3CC(=O)OC. The van der Waals surface area contributed by atoms with Crippen molar-refractivity contribution >= 4 is 25.6 Å². The molecule has 6 fully saturated rings. The summed E-state index contributed by atoms with van der Waals surface area (Å²) in [6.07, 6.45) is 2.02. The van der Waals surface area contributed by atoms with E-state index in [0.717, 1.165) is 0 Å². The lowest BCUT2D eigenvalue weighted by molar-refractivity contribution is -0.497. The molecule has 4 saturated carbocycles. The maximum Gasteiger partial charge on any atom is 0.306 e. The molecule has 3 bridgehead atoms. The summed E-state index contributed by atoms with van der Waals surface area (Å²) in [5.74, 6) is -3.04. The first-order chi connectivity index (χ1) is 19.0. The highest BCUT2D eigenvalue weighted by Crippen LogP contribution is 2.91. The zero-order valence-electron chi connectivity index (χ0n) is 24.9. The van der Waals surface area contributed by atoms with Crippen LogP contribution in [-0.4, -0.2) is 67.0 Å². The summed E-state index contributed by atoms with van der Waals surface area (Å²) in [4.78, 5) is 40.7. The minimum atomic E-state index is -1.53. The van der Waals surface area contributed by atoms with E-state index in [1.54, 1.807) is 6.07 Å². The number of methoxy groups -OCH3 is 1. The van der Waals surface area contributed by atoms with Gasteiger partial charge < -0.3 is 28.5 Å². The number of aliphatic hydroxyl groups is 1. The third-order valence-electron chi connectivity index (χ3n) is 13.3. The van der Waals surface area contributed by atoms with Crippen LogP contribution in [0.3, 0.4) is 0 Å². The maximum atomic E-state index is 14.2. The Morgan fingerprint density at radius 3 is 2.41 bits per heavy atom. The number of carbonyl (C=O) groups is 3. The van der Waals surface area contributed by atoms with Crippen molar-refractivity contribution in [1.82, 2.24) is 0 Å². The molecular formula is C31H39BO9. The average molecular weight is 566 g/mol. The van der Waals surface area contributed by atoms with E-state index in [0.29, 0.717) is 24.8 Å². The summed E-state index contributed by atoms with van der Waals surface area (Å²) in [5, 5.41) is 10.8. The number of ketones is 1. The van der Waals surface area contributed by atoms with Gasteiger partial charge in [-0.3, -0.25) is 14.4 Å². The number of ether oxygens (including phenoxy) is 4. The minimum absolute atomic E-state index is 0.00627. The Kier molecular flexibility index (Phi) is 5.05. The zero-order valence-corrected chi connectivity index (χ0v) is 24.9. The molecule has 7 rings (SSSR count). The molecule has 220 valence electrons. The van der Waals surface area contributed by atoms with Crippen LogP contribution in [0.4, 0.5) is 0 Å². The molecule has 0 amide bonds. The quantitative estimate of drug-likeness (QED) is 0.330. The summed E-state index contributed by atoms with van der Waals surface area (Å²) < 4.78 is 30.8. The van der Waals surface area contributed by atoms with Crippen LogP contribution >= 0.6 is 0 Å². The predicted molar refractivity (Wildman–Crippen MR) is 144 cm³/mol. The van der Waals surface area contributed by atoms with Gasteiger partial charge in [-0.1, -0.05) is 27.7 Å². The highest BCUT2D eigenvalue weighted by molar-refractivity contribution is 6.19. The molecule has 11 atom stereocenters. The Morgan fingerprint density at radius 2 is 1.78 bits per heavy atom. The molecule has 2 saturated heterocycles. The van der Waals surface area contributed by atoms with Gasteiger partial charge in [0.25, 0.3) is 0 Å². The van der Waals surface area contributed by atoms with Crippen molar-refractivity contribution < 1.29 is 42.9 Å². The van der Waals surface area contributed by atoms with Crippen molar-refractivity contribution in [1.29, 1.82) is 0 Å². The van der Waals surface area contributed by atoms with Crippen LogP contribution in [0.15, 0.2) is 23.0 Å². The van der Waals surface area contributed by atoms with Gasteiger partial charge in [-0.05, 0) is 51.0 Å². The Labute approximate surface area is 241 Å². The van der Waals surface area contributed by atoms with Crippen LogP contribution in [-0.2, 0) is 28.5 Å².